The van der Waals surface area contributed by atoms with Gasteiger partial charge in [0, 0.05) is 12.1 Å². The number of hydrogen-bond acceptors (Lipinski definition) is 5. The summed E-state index contributed by atoms with van der Waals surface area (Å²) in [5.74, 6) is 2.17. The van der Waals surface area contributed by atoms with Crippen LogP contribution in [0, 0.1) is 5.92 Å². The molecule has 1 aliphatic rings. The van der Waals surface area contributed by atoms with Crippen molar-refractivity contribution in [3.8, 4) is 0 Å². The van der Waals surface area contributed by atoms with Gasteiger partial charge in [0.25, 0.3) is 0 Å². The molecule has 1 aromatic heterocycles. The van der Waals surface area contributed by atoms with Gasteiger partial charge in [-0.3, -0.25) is 0 Å². The van der Waals surface area contributed by atoms with Crippen molar-refractivity contribution in [1.29, 1.82) is 0 Å². The molecule has 2 rings (SSSR count). The lowest BCUT2D eigenvalue weighted by atomic mass is 10.2. The molecule has 5 N–H and O–H groups in total. The number of nitrogens with one attached hydrogen (secondary N) is 1. The standard InChI is InChI=1S/C10H17N5/c1-2-3-6-4-7(6)13-9-5-8(11)14-10(12)15-9/h5-7H,2-4H2,1H3,(H5,11,12,13,14,15). The van der Waals surface area contributed by atoms with Crippen LogP contribution in [0.5, 0.6) is 0 Å². The first-order valence-electron chi connectivity index (χ1n) is 5.35. The summed E-state index contributed by atoms with van der Waals surface area (Å²) in [6.45, 7) is 2.20. The molecule has 1 fully saturated rings. The second-order valence-corrected chi connectivity index (χ2v) is 4.07. The van der Waals surface area contributed by atoms with Crippen molar-refractivity contribution in [1.82, 2.24) is 9.97 Å². The molecule has 82 valence electrons. The van der Waals surface area contributed by atoms with Crippen LogP contribution < -0.4 is 16.8 Å². The molecule has 1 heterocycles. The molecule has 0 radical (unpaired) electrons. The molecule has 1 aliphatic carbocycles. The first kappa shape index (κ1) is 10.0. The molecule has 1 saturated carbocycles. The van der Waals surface area contributed by atoms with Gasteiger partial charge >= 0.3 is 0 Å². The molecule has 0 amide bonds. The zero-order valence-corrected chi connectivity index (χ0v) is 8.90. The zero-order valence-electron chi connectivity index (χ0n) is 8.90. The Morgan fingerprint density at radius 3 is 2.93 bits per heavy atom. The van der Waals surface area contributed by atoms with E-state index in [-0.39, 0.29) is 5.95 Å². The SMILES string of the molecule is CCCC1CC1Nc1cc(N)nc(N)n1. The minimum absolute atomic E-state index is 0.227. The van der Waals surface area contributed by atoms with Crippen molar-refractivity contribution in [2.75, 3.05) is 16.8 Å². The van der Waals surface area contributed by atoms with Gasteiger partial charge in [-0.1, -0.05) is 13.3 Å². The molecule has 5 heteroatoms. The molecule has 0 bridgehead atoms. The predicted octanol–water partition coefficient (Wildman–Crippen LogP) is 1.24. The number of nitrogens with zero attached hydrogens (tertiary/aromatic N) is 2. The summed E-state index contributed by atoms with van der Waals surface area (Å²) in [7, 11) is 0. The van der Waals surface area contributed by atoms with Crippen LogP contribution in [0.1, 0.15) is 26.2 Å². The van der Waals surface area contributed by atoms with Crippen LogP contribution in [0.25, 0.3) is 0 Å². The fourth-order valence-corrected chi connectivity index (χ4v) is 1.86. The number of anilines is 3. The van der Waals surface area contributed by atoms with Gasteiger partial charge in [0.15, 0.2) is 0 Å². The highest BCUT2D eigenvalue weighted by atomic mass is 15.1. The van der Waals surface area contributed by atoms with E-state index in [4.69, 9.17) is 11.5 Å². The van der Waals surface area contributed by atoms with Gasteiger partial charge in [-0.15, -0.1) is 0 Å². The molecule has 2 atom stereocenters. The molecule has 2 unspecified atom stereocenters. The molecule has 1 aromatic rings. The lowest BCUT2D eigenvalue weighted by molar-refractivity contribution is 0.692. The average Bonchev–Trinajstić information content (AvgIpc) is 2.82. The molecule has 5 nitrogen and oxygen atoms in total. The molecule has 0 spiro atoms. The minimum Gasteiger partial charge on any atom is -0.383 e. The molecule has 0 aromatic carbocycles. The number of nitrogen functional groups attached to an aromatic ring is 2. The Morgan fingerprint density at radius 1 is 1.47 bits per heavy atom. The van der Waals surface area contributed by atoms with Gasteiger partial charge in [-0.25, -0.2) is 0 Å². The van der Waals surface area contributed by atoms with Gasteiger partial charge in [-0.05, 0) is 18.8 Å². The van der Waals surface area contributed by atoms with E-state index in [1.807, 2.05) is 0 Å². The number of rotatable bonds is 4. The van der Waals surface area contributed by atoms with E-state index in [0.29, 0.717) is 11.9 Å². The van der Waals surface area contributed by atoms with Gasteiger partial charge in [0.1, 0.15) is 11.6 Å². The van der Waals surface area contributed by atoms with Gasteiger partial charge in [-0.2, -0.15) is 9.97 Å². The van der Waals surface area contributed by atoms with Crippen LogP contribution in [0.4, 0.5) is 17.6 Å². The molecule has 15 heavy (non-hydrogen) atoms. The molecular weight excluding hydrogens is 190 g/mol. The molecule has 0 saturated heterocycles. The summed E-state index contributed by atoms with van der Waals surface area (Å²) in [6, 6.07) is 2.26. The van der Waals surface area contributed by atoms with Crippen LogP contribution >= 0.6 is 0 Å². The van der Waals surface area contributed by atoms with E-state index in [2.05, 4.69) is 22.2 Å². The second-order valence-electron chi connectivity index (χ2n) is 4.07. The smallest absolute Gasteiger partial charge is 0.223 e. The Hall–Kier alpha value is -1.52. The minimum atomic E-state index is 0.227. The van der Waals surface area contributed by atoms with Crippen molar-refractivity contribution < 1.29 is 0 Å². The van der Waals surface area contributed by atoms with Crippen molar-refractivity contribution in [2.45, 2.75) is 32.2 Å². The van der Waals surface area contributed by atoms with Gasteiger partial charge in [0.05, 0.1) is 0 Å². The summed E-state index contributed by atoms with van der Waals surface area (Å²) < 4.78 is 0. The highest BCUT2D eigenvalue weighted by Gasteiger charge is 2.36. The third-order valence-electron chi connectivity index (χ3n) is 2.68. The average molecular weight is 207 g/mol. The number of nitrogens with two attached hydrogens (primary N) is 2. The summed E-state index contributed by atoms with van der Waals surface area (Å²) in [5.41, 5.74) is 11.1. The Labute approximate surface area is 89.3 Å². The Kier molecular flexibility index (Phi) is 2.62. The van der Waals surface area contributed by atoms with E-state index in [0.717, 1.165) is 11.7 Å². The van der Waals surface area contributed by atoms with E-state index in [1.165, 1.54) is 19.3 Å². The van der Waals surface area contributed by atoms with Crippen molar-refractivity contribution in [2.24, 2.45) is 5.92 Å². The van der Waals surface area contributed by atoms with Crippen LogP contribution in [-0.2, 0) is 0 Å². The van der Waals surface area contributed by atoms with Crippen LogP contribution in [0.15, 0.2) is 6.07 Å². The molecule has 0 aliphatic heterocycles. The maximum absolute atomic E-state index is 5.58. The van der Waals surface area contributed by atoms with Crippen LogP contribution in [-0.4, -0.2) is 16.0 Å². The van der Waals surface area contributed by atoms with Crippen LogP contribution in [0.3, 0.4) is 0 Å². The van der Waals surface area contributed by atoms with Crippen LogP contribution in [0.2, 0.25) is 0 Å². The second kappa shape index (κ2) is 3.92. The third-order valence-corrected chi connectivity index (χ3v) is 2.68. The lowest BCUT2D eigenvalue weighted by Crippen LogP contribution is -2.09. The fraction of sp³-hybridized carbons (Fsp3) is 0.600. The van der Waals surface area contributed by atoms with E-state index in [9.17, 15) is 0 Å². The summed E-state index contributed by atoms with van der Waals surface area (Å²) in [5, 5.41) is 3.32. The van der Waals surface area contributed by atoms with Crippen molar-refractivity contribution in [3.63, 3.8) is 0 Å². The largest absolute Gasteiger partial charge is 0.383 e. The predicted molar refractivity (Wildman–Crippen MR) is 61.3 cm³/mol. The normalized spacial score (nSPS) is 23.8. The first-order chi connectivity index (χ1) is 7.19. The maximum Gasteiger partial charge on any atom is 0.223 e. The summed E-state index contributed by atoms with van der Waals surface area (Å²) in [4.78, 5) is 7.91. The quantitative estimate of drug-likeness (QED) is 0.691. The van der Waals surface area contributed by atoms with Crippen molar-refractivity contribution >= 4 is 17.6 Å². The Morgan fingerprint density at radius 2 is 2.27 bits per heavy atom. The van der Waals surface area contributed by atoms with Gasteiger partial charge < -0.3 is 16.8 Å². The summed E-state index contributed by atoms with van der Waals surface area (Å²) in [6.07, 6.45) is 3.72. The third kappa shape index (κ3) is 2.49. The lowest BCUT2D eigenvalue weighted by Gasteiger charge is -2.05. The van der Waals surface area contributed by atoms with E-state index < -0.39 is 0 Å². The monoisotopic (exact) mass is 207 g/mol. The maximum atomic E-state index is 5.58. The van der Waals surface area contributed by atoms with Gasteiger partial charge in [0.2, 0.25) is 5.95 Å². The summed E-state index contributed by atoms with van der Waals surface area (Å²) >= 11 is 0. The Bertz CT molecular complexity index is 331. The fourth-order valence-electron chi connectivity index (χ4n) is 1.86. The number of hydrogen-bond donors (Lipinski definition) is 3. The highest BCUT2D eigenvalue weighted by molar-refractivity contribution is 5.49. The highest BCUT2D eigenvalue weighted by Crippen LogP contribution is 2.36. The Balaban J connectivity index is 1.94. The zero-order chi connectivity index (χ0) is 10.8. The van der Waals surface area contributed by atoms with Crippen molar-refractivity contribution in [3.05, 3.63) is 6.07 Å². The first-order valence-corrected chi connectivity index (χ1v) is 5.35. The molecular formula is C10H17N5. The number of aromatic nitrogens is 2. The topological polar surface area (TPSA) is 89.8 Å². The van der Waals surface area contributed by atoms with E-state index >= 15 is 0 Å². The van der Waals surface area contributed by atoms with E-state index in [1.54, 1.807) is 6.07 Å².